The fourth-order valence-electron chi connectivity index (χ4n) is 2.75. The first-order valence-corrected chi connectivity index (χ1v) is 10.5. The lowest BCUT2D eigenvalue weighted by molar-refractivity contribution is 0.0985. The number of rotatable bonds is 7. The van der Waals surface area contributed by atoms with Crippen LogP contribution in [0.25, 0.3) is 10.2 Å². The highest BCUT2D eigenvalue weighted by atomic mass is 127. The van der Waals surface area contributed by atoms with Gasteiger partial charge in [0.25, 0.3) is 5.91 Å². The van der Waals surface area contributed by atoms with Crippen molar-refractivity contribution in [1.82, 2.24) is 9.88 Å². The average Bonchev–Trinajstić information content (AvgIpc) is 3.07. The molecule has 0 aliphatic carbocycles. The van der Waals surface area contributed by atoms with Crippen LogP contribution in [0.15, 0.2) is 42.5 Å². The summed E-state index contributed by atoms with van der Waals surface area (Å²) in [6.07, 6.45) is 0.876. The molecule has 0 fully saturated rings. The van der Waals surface area contributed by atoms with E-state index in [1.807, 2.05) is 56.6 Å². The van der Waals surface area contributed by atoms with Gasteiger partial charge in [-0.2, -0.15) is 0 Å². The standard InChI is InChI=1S/C20H22IN3O2S/c1-23(2)11-6-12-24(19(25)15-7-4-5-8-16(15)21)20-22-17-13-14(26-3)9-10-18(17)27-20/h4-5,7-10,13H,6,11-12H2,1-3H3. The van der Waals surface area contributed by atoms with Gasteiger partial charge in [-0.25, -0.2) is 4.98 Å². The first-order chi connectivity index (χ1) is 13.0. The van der Waals surface area contributed by atoms with Crippen LogP contribution in [0.4, 0.5) is 5.13 Å². The van der Waals surface area contributed by atoms with E-state index in [1.165, 1.54) is 11.3 Å². The van der Waals surface area contributed by atoms with E-state index in [-0.39, 0.29) is 5.91 Å². The van der Waals surface area contributed by atoms with Crippen molar-refractivity contribution in [3.8, 4) is 5.75 Å². The van der Waals surface area contributed by atoms with Crippen LogP contribution >= 0.6 is 33.9 Å². The normalized spacial score (nSPS) is 11.1. The van der Waals surface area contributed by atoms with E-state index in [1.54, 1.807) is 12.0 Å². The zero-order chi connectivity index (χ0) is 19.4. The van der Waals surface area contributed by atoms with E-state index >= 15 is 0 Å². The van der Waals surface area contributed by atoms with Crippen LogP contribution in [0.3, 0.4) is 0 Å². The number of halogens is 1. The number of thiazole rings is 1. The minimum atomic E-state index is -0.00947. The summed E-state index contributed by atoms with van der Waals surface area (Å²) in [5.41, 5.74) is 1.56. The van der Waals surface area contributed by atoms with Crippen LogP contribution in [0.2, 0.25) is 0 Å². The number of hydrogen-bond acceptors (Lipinski definition) is 5. The number of aromatic nitrogens is 1. The van der Waals surface area contributed by atoms with Gasteiger partial charge in [0.2, 0.25) is 0 Å². The van der Waals surface area contributed by atoms with E-state index in [0.717, 1.165) is 37.6 Å². The molecule has 142 valence electrons. The van der Waals surface area contributed by atoms with Crippen LogP contribution in [0, 0.1) is 3.57 Å². The molecule has 0 saturated carbocycles. The number of hydrogen-bond donors (Lipinski definition) is 0. The Labute approximate surface area is 177 Å². The highest BCUT2D eigenvalue weighted by molar-refractivity contribution is 14.1. The van der Waals surface area contributed by atoms with Gasteiger partial charge >= 0.3 is 0 Å². The second-order valence-electron chi connectivity index (χ2n) is 6.42. The summed E-state index contributed by atoms with van der Waals surface area (Å²) < 4.78 is 7.28. The summed E-state index contributed by atoms with van der Waals surface area (Å²) in [6.45, 7) is 1.54. The Kier molecular flexibility index (Phi) is 6.67. The van der Waals surface area contributed by atoms with Crippen molar-refractivity contribution in [3.05, 3.63) is 51.6 Å². The molecule has 5 nitrogen and oxygen atoms in total. The minimum Gasteiger partial charge on any atom is -0.497 e. The predicted octanol–water partition coefficient (Wildman–Crippen LogP) is 4.51. The van der Waals surface area contributed by atoms with Crippen LogP contribution < -0.4 is 9.64 Å². The van der Waals surface area contributed by atoms with Gasteiger partial charge in [0.15, 0.2) is 5.13 Å². The zero-order valence-electron chi connectivity index (χ0n) is 15.6. The van der Waals surface area contributed by atoms with Crippen molar-refractivity contribution in [2.45, 2.75) is 6.42 Å². The molecule has 1 heterocycles. The quantitative estimate of drug-likeness (QED) is 0.453. The van der Waals surface area contributed by atoms with E-state index < -0.39 is 0 Å². The third-order valence-electron chi connectivity index (χ3n) is 4.15. The Balaban J connectivity index is 1.96. The molecule has 0 atom stereocenters. The number of carbonyl (C=O) groups is 1. The van der Waals surface area contributed by atoms with Crippen molar-refractivity contribution in [2.75, 3.05) is 39.2 Å². The third-order valence-corrected chi connectivity index (χ3v) is 6.15. The lowest BCUT2D eigenvalue weighted by atomic mass is 10.2. The molecule has 0 spiro atoms. The SMILES string of the molecule is COc1ccc2sc(N(CCCN(C)C)C(=O)c3ccccc3I)nc2c1. The summed E-state index contributed by atoms with van der Waals surface area (Å²) in [4.78, 5) is 21.9. The van der Waals surface area contributed by atoms with Crippen molar-refractivity contribution in [3.63, 3.8) is 0 Å². The molecule has 0 aliphatic rings. The maximum Gasteiger partial charge on any atom is 0.261 e. The minimum absolute atomic E-state index is 0.00947. The van der Waals surface area contributed by atoms with Crippen molar-refractivity contribution in [2.24, 2.45) is 0 Å². The van der Waals surface area contributed by atoms with E-state index in [9.17, 15) is 4.79 Å². The molecule has 2 aromatic carbocycles. The molecular weight excluding hydrogens is 473 g/mol. The molecule has 0 bridgehead atoms. The third kappa shape index (κ3) is 4.77. The number of carbonyl (C=O) groups excluding carboxylic acids is 1. The van der Waals surface area contributed by atoms with Gasteiger partial charge in [-0.05, 0) is 73.9 Å². The number of ether oxygens (including phenoxy) is 1. The zero-order valence-corrected chi connectivity index (χ0v) is 18.6. The lowest BCUT2D eigenvalue weighted by Gasteiger charge is -2.21. The fourth-order valence-corrected chi connectivity index (χ4v) is 4.34. The summed E-state index contributed by atoms with van der Waals surface area (Å²) in [5, 5.41) is 0.724. The summed E-state index contributed by atoms with van der Waals surface area (Å²) in [7, 11) is 5.72. The van der Waals surface area contributed by atoms with Gasteiger partial charge in [0.1, 0.15) is 5.75 Å². The first-order valence-electron chi connectivity index (χ1n) is 8.65. The average molecular weight is 495 g/mol. The Bertz CT molecular complexity index is 942. The highest BCUT2D eigenvalue weighted by Crippen LogP contribution is 2.32. The van der Waals surface area contributed by atoms with Crippen LogP contribution in [0.1, 0.15) is 16.8 Å². The fraction of sp³-hybridized carbons (Fsp3) is 0.300. The Hall–Kier alpha value is -1.71. The molecule has 0 saturated heterocycles. The summed E-state index contributed by atoms with van der Waals surface area (Å²) in [6, 6.07) is 13.5. The molecule has 0 radical (unpaired) electrons. The molecule has 3 aromatic rings. The van der Waals surface area contributed by atoms with E-state index in [4.69, 9.17) is 9.72 Å². The monoisotopic (exact) mass is 495 g/mol. The van der Waals surface area contributed by atoms with Gasteiger partial charge in [-0.15, -0.1) is 0 Å². The molecule has 3 rings (SSSR count). The number of anilines is 1. The van der Waals surface area contributed by atoms with Gasteiger partial charge in [0, 0.05) is 16.2 Å². The van der Waals surface area contributed by atoms with Crippen LogP contribution in [-0.2, 0) is 0 Å². The van der Waals surface area contributed by atoms with E-state index in [0.29, 0.717) is 12.1 Å². The first kappa shape index (κ1) is 20.0. The van der Waals surface area contributed by atoms with Gasteiger partial charge in [0.05, 0.1) is 22.9 Å². The maximum atomic E-state index is 13.3. The van der Waals surface area contributed by atoms with Crippen molar-refractivity contribution < 1.29 is 9.53 Å². The Morgan fingerprint density at radius 2 is 1.96 bits per heavy atom. The molecule has 7 heteroatoms. The lowest BCUT2D eigenvalue weighted by Crippen LogP contribution is -2.33. The highest BCUT2D eigenvalue weighted by Gasteiger charge is 2.22. The number of fused-ring (bicyclic) bond motifs is 1. The van der Waals surface area contributed by atoms with Crippen molar-refractivity contribution >= 4 is 55.2 Å². The second-order valence-corrected chi connectivity index (χ2v) is 8.59. The summed E-state index contributed by atoms with van der Waals surface area (Å²) >= 11 is 3.75. The van der Waals surface area contributed by atoms with Gasteiger partial charge in [-0.3, -0.25) is 9.69 Å². The second kappa shape index (κ2) is 8.99. The predicted molar refractivity (Wildman–Crippen MR) is 120 cm³/mol. The molecule has 27 heavy (non-hydrogen) atoms. The molecule has 0 aliphatic heterocycles. The Morgan fingerprint density at radius 1 is 1.19 bits per heavy atom. The largest absolute Gasteiger partial charge is 0.497 e. The number of amides is 1. The molecular formula is C20H22IN3O2S. The van der Waals surface area contributed by atoms with Crippen LogP contribution in [0.5, 0.6) is 5.75 Å². The molecule has 1 amide bonds. The maximum absolute atomic E-state index is 13.3. The smallest absolute Gasteiger partial charge is 0.261 e. The van der Waals surface area contributed by atoms with Crippen LogP contribution in [-0.4, -0.2) is 50.1 Å². The van der Waals surface area contributed by atoms with Gasteiger partial charge in [-0.1, -0.05) is 23.5 Å². The number of nitrogens with zero attached hydrogens (tertiary/aromatic N) is 3. The topological polar surface area (TPSA) is 45.7 Å². The number of benzene rings is 2. The molecule has 1 aromatic heterocycles. The van der Waals surface area contributed by atoms with E-state index in [2.05, 4.69) is 27.5 Å². The van der Waals surface area contributed by atoms with Crippen molar-refractivity contribution in [1.29, 1.82) is 0 Å². The molecule has 0 unspecified atom stereocenters. The number of methoxy groups -OCH3 is 1. The Morgan fingerprint density at radius 3 is 2.67 bits per heavy atom. The van der Waals surface area contributed by atoms with Gasteiger partial charge < -0.3 is 9.64 Å². The summed E-state index contributed by atoms with van der Waals surface area (Å²) in [5.74, 6) is 0.757. The molecule has 0 N–H and O–H groups in total.